The summed E-state index contributed by atoms with van der Waals surface area (Å²) >= 11 is 0. The molecule has 1 fully saturated rings. The second kappa shape index (κ2) is 8.88. The van der Waals surface area contributed by atoms with E-state index in [1.54, 1.807) is 24.3 Å². The molecule has 1 aliphatic rings. The van der Waals surface area contributed by atoms with Crippen molar-refractivity contribution < 1.29 is 22.7 Å². The Morgan fingerprint density at radius 1 is 1.19 bits per heavy atom. The van der Waals surface area contributed by atoms with Gasteiger partial charge < -0.3 is 10.1 Å². The highest BCUT2D eigenvalue weighted by molar-refractivity contribution is 7.88. The number of hydrogen-bond donors (Lipinski definition) is 2. The van der Waals surface area contributed by atoms with Crippen LogP contribution in [0.25, 0.3) is 0 Å². The van der Waals surface area contributed by atoms with Gasteiger partial charge in [0.1, 0.15) is 5.75 Å². The molecule has 0 aromatic heterocycles. The van der Waals surface area contributed by atoms with Gasteiger partial charge in [-0.2, -0.15) is 0 Å². The Hall–Kier alpha value is -2.29. The second-order valence-corrected chi connectivity index (χ2v) is 8.02. The van der Waals surface area contributed by atoms with Crippen LogP contribution in [0.1, 0.15) is 39.0 Å². The van der Waals surface area contributed by atoms with E-state index in [0.29, 0.717) is 30.9 Å². The van der Waals surface area contributed by atoms with E-state index in [9.17, 15) is 18.0 Å². The van der Waals surface area contributed by atoms with Crippen molar-refractivity contribution in [1.82, 2.24) is 9.62 Å². The van der Waals surface area contributed by atoms with Crippen molar-refractivity contribution in [3.8, 4) is 5.75 Å². The first-order valence-electron chi connectivity index (χ1n) is 8.66. The first-order valence-corrected chi connectivity index (χ1v) is 10.5. The highest BCUT2D eigenvalue weighted by Crippen LogP contribution is 2.25. The van der Waals surface area contributed by atoms with E-state index < -0.39 is 28.1 Å². The van der Waals surface area contributed by atoms with Crippen molar-refractivity contribution in [3.05, 3.63) is 24.3 Å². The predicted molar refractivity (Wildman–Crippen MR) is 98.7 cm³/mol. The lowest BCUT2D eigenvalue weighted by Crippen LogP contribution is -2.51. The van der Waals surface area contributed by atoms with Crippen molar-refractivity contribution >= 4 is 27.8 Å². The lowest BCUT2D eigenvalue weighted by Gasteiger charge is -2.32. The molecule has 0 unspecified atom stereocenters. The number of benzene rings is 1. The van der Waals surface area contributed by atoms with Crippen LogP contribution in [-0.2, 0) is 10.0 Å². The predicted octanol–water partition coefficient (Wildman–Crippen LogP) is 2.92. The first kappa shape index (κ1) is 20.0. The maximum atomic E-state index is 12.4. The summed E-state index contributed by atoms with van der Waals surface area (Å²) in [6.07, 6.45) is 4.92. The van der Waals surface area contributed by atoms with Crippen LogP contribution in [0.5, 0.6) is 5.75 Å². The number of para-hydroxylation sites is 2. The minimum absolute atomic E-state index is 0.392. The average molecular weight is 383 g/mol. The number of rotatable bonds is 5. The van der Waals surface area contributed by atoms with Crippen molar-refractivity contribution in [3.63, 3.8) is 0 Å². The summed E-state index contributed by atoms with van der Waals surface area (Å²) in [4.78, 5) is 24.6. The topological polar surface area (TPSA) is 105 Å². The fourth-order valence-corrected chi connectivity index (χ4v) is 4.16. The molecule has 0 heterocycles. The fraction of sp³-hybridized carbons (Fsp3) is 0.529. The molecular formula is C17H25N3O5S. The van der Waals surface area contributed by atoms with Crippen LogP contribution in [0, 0.1) is 0 Å². The number of urea groups is 2. The van der Waals surface area contributed by atoms with Crippen LogP contribution in [0.15, 0.2) is 24.3 Å². The van der Waals surface area contributed by atoms with Crippen LogP contribution < -0.4 is 15.4 Å². The molecule has 144 valence electrons. The Morgan fingerprint density at radius 2 is 1.85 bits per heavy atom. The van der Waals surface area contributed by atoms with E-state index in [4.69, 9.17) is 4.74 Å². The van der Waals surface area contributed by atoms with E-state index in [2.05, 4.69) is 10.6 Å². The highest BCUT2D eigenvalue weighted by atomic mass is 32.2. The number of nitrogens with one attached hydrogen (secondary N) is 2. The minimum Gasteiger partial charge on any atom is -0.492 e. The fourth-order valence-electron chi connectivity index (χ4n) is 3.06. The second-order valence-electron chi connectivity index (χ2n) is 6.16. The number of sulfonamides is 1. The van der Waals surface area contributed by atoms with Crippen LogP contribution in [0.2, 0.25) is 0 Å². The number of hydrogen-bond acceptors (Lipinski definition) is 5. The van der Waals surface area contributed by atoms with Crippen LogP contribution >= 0.6 is 0 Å². The molecule has 9 heteroatoms. The van der Waals surface area contributed by atoms with Gasteiger partial charge in [-0.25, -0.2) is 22.3 Å². The van der Waals surface area contributed by atoms with Crippen LogP contribution in [-0.4, -0.2) is 43.7 Å². The van der Waals surface area contributed by atoms with Crippen molar-refractivity contribution in [1.29, 1.82) is 0 Å². The Kier molecular flexibility index (Phi) is 6.84. The lowest BCUT2D eigenvalue weighted by atomic mass is 9.96. The maximum absolute atomic E-state index is 12.4. The Balaban J connectivity index is 2.07. The molecule has 0 bridgehead atoms. The Morgan fingerprint density at radius 3 is 2.46 bits per heavy atom. The highest BCUT2D eigenvalue weighted by Gasteiger charge is 2.33. The van der Waals surface area contributed by atoms with E-state index in [0.717, 1.165) is 29.8 Å². The number of ether oxygens (including phenoxy) is 1. The zero-order valence-electron chi connectivity index (χ0n) is 15.0. The van der Waals surface area contributed by atoms with Gasteiger partial charge in [0.25, 0.3) is 0 Å². The standard InChI is InChI=1S/C17H25N3O5S/c1-3-25-15-12-8-7-11-14(15)18-16(21)19-17(22)20(26(2,23)24)13-9-5-4-6-10-13/h7-8,11-13H,3-6,9-10H2,1-2H3,(H2,18,19,21,22). The van der Waals surface area contributed by atoms with E-state index >= 15 is 0 Å². The van der Waals surface area contributed by atoms with Gasteiger partial charge in [0.2, 0.25) is 10.0 Å². The Bertz CT molecular complexity index is 745. The summed E-state index contributed by atoms with van der Waals surface area (Å²) in [6.45, 7) is 2.23. The number of nitrogens with zero attached hydrogens (tertiary/aromatic N) is 1. The summed E-state index contributed by atoms with van der Waals surface area (Å²) in [5.74, 6) is 0.463. The molecule has 1 aromatic rings. The minimum atomic E-state index is -3.78. The van der Waals surface area contributed by atoms with Gasteiger partial charge in [0, 0.05) is 6.04 Å². The van der Waals surface area contributed by atoms with Crippen molar-refractivity contribution in [2.75, 3.05) is 18.2 Å². The summed E-state index contributed by atoms with van der Waals surface area (Å²) in [6, 6.07) is 4.62. The number of carbonyl (C=O) groups is 2. The molecule has 8 nitrogen and oxygen atoms in total. The van der Waals surface area contributed by atoms with Gasteiger partial charge in [-0.1, -0.05) is 31.4 Å². The molecule has 4 amide bonds. The zero-order chi connectivity index (χ0) is 19.2. The summed E-state index contributed by atoms with van der Waals surface area (Å²) in [5.41, 5.74) is 0.392. The van der Waals surface area contributed by atoms with Gasteiger partial charge in [0.05, 0.1) is 18.6 Å². The van der Waals surface area contributed by atoms with Crippen LogP contribution in [0.4, 0.5) is 15.3 Å². The molecule has 0 spiro atoms. The Labute approximate surface area is 153 Å². The van der Waals surface area contributed by atoms with E-state index in [-0.39, 0.29) is 0 Å². The molecule has 0 atom stereocenters. The average Bonchev–Trinajstić information content (AvgIpc) is 2.56. The number of amides is 4. The maximum Gasteiger partial charge on any atom is 0.339 e. The SMILES string of the molecule is CCOc1ccccc1NC(=O)NC(=O)N(C1CCCCC1)S(C)(=O)=O. The normalized spacial score (nSPS) is 15.2. The molecule has 1 aromatic carbocycles. The summed E-state index contributed by atoms with van der Waals surface area (Å²) in [7, 11) is -3.78. The van der Waals surface area contributed by atoms with Gasteiger partial charge in [-0.05, 0) is 31.9 Å². The van der Waals surface area contributed by atoms with Gasteiger partial charge in [-0.3, -0.25) is 5.32 Å². The quantitative estimate of drug-likeness (QED) is 0.813. The monoisotopic (exact) mass is 383 g/mol. The molecule has 1 saturated carbocycles. The summed E-state index contributed by atoms with van der Waals surface area (Å²) < 4.78 is 30.3. The smallest absolute Gasteiger partial charge is 0.339 e. The molecule has 1 aliphatic carbocycles. The van der Waals surface area contributed by atoms with Crippen LogP contribution in [0.3, 0.4) is 0 Å². The van der Waals surface area contributed by atoms with Crippen molar-refractivity contribution in [2.45, 2.75) is 45.1 Å². The van der Waals surface area contributed by atoms with Crippen molar-refractivity contribution in [2.24, 2.45) is 0 Å². The third-order valence-corrected chi connectivity index (χ3v) is 5.30. The van der Waals surface area contributed by atoms with E-state index in [1.165, 1.54) is 0 Å². The third-order valence-electron chi connectivity index (χ3n) is 4.12. The lowest BCUT2D eigenvalue weighted by molar-refractivity contribution is 0.199. The van der Waals surface area contributed by atoms with Gasteiger partial charge in [-0.15, -0.1) is 0 Å². The molecule has 2 N–H and O–H groups in total. The molecule has 2 rings (SSSR count). The van der Waals surface area contributed by atoms with Gasteiger partial charge >= 0.3 is 12.1 Å². The molecule has 0 radical (unpaired) electrons. The molecular weight excluding hydrogens is 358 g/mol. The summed E-state index contributed by atoms with van der Waals surface area (Å²) in [5, 5.41) is 4.62. The number of carbonyl (C=O) groups excluding carboxylic acids is 2. The van der Waals surface area contributed by atoms with Gasteiger partial charge in [0.15, 0.2) is 0 Å². The zero-order valence-corrected chi connectivity index (χ0v) is 15.8. The third kappa shape index (κ3) is 5.35. The largest absolute Gasteiger partial charge is 0.492 e. The number of anilines is 1. The molecule has 0 saturated heterocycles. The van der Waals surface area contributed by atoms with E-state index in [1.807, 2.05) is 6.92 Å². The number of imide groups is 1. The molecule has 26 heavy (non-hydrogen) atoms. The first-order chi connectivity index (χ1) is 12.3. The molecule has 0 aliphatic heterocycles.